The van der Waals surface area contributed by atoms with E-state index in [1.807, 2.05) is 49.4 Å². The average Bonchev–Trinajstić information content (AvgIpc) is 3.73. The second-order valence-corrected chi connectivity index (χ2v) is 11.0. The standard InChI is InChI=1S/C30H32N4O5S/c1-19(26-15-23(17-40-26)28(31)32)33-29(37)24-16-30(38-13-14-39-30)18-34(24)27(36)12-11-25(35)22-9-7-21(8-10-22)20-5-3-2-4-6-20/h2-10,15,17,19,24H,11-14,16,18H2,1H3,(H3,31,32)(H,33,37)/t19-,24?/m1/s1. The summed E-state index contributed by atoms with van der Waals surface area (Å²) in [6.07, 6.45) is 0.222. The van der Waals surface area contributed by atoms with Crippen molar-refractivity contribution in [2.45, 2.75) is 44.1 Å². The molecule has 2 amide bonds. The summed E-state index contributed by atoms with van der Waals surface area (Å²) in [6, 6.07) is 17.9. The highest BCUT2D eigenvalue weighted by atomic mass is 32.1. The summed E-state index contributed by atoms with van der Waals surface area (Å²) in [6.45, 7) is 2.76. The number of hydrogen-bond donors (Lipinski definition) is 3. The lowest BCUT2D eigenvalue weighted by molar-refractivity contribution is -0.152. The van der Waals surface area contributed by atoms with Crippen molar-refractivity contribution < 1.29 is 23.9 Å². The molecule has 2 atom stereocenters. The Morgan fingerprint density at radius 1 is 1.05 bits per heavy atom. The number of ketones is 1. The highest BCUT2D eigenvalue weighted by Crippen LogP contribution is 2.36. The van der Waals surface area contributed by atoms with Gasteiger partial charge in [-0.05, 0) is 24.1 Å². The van der Waals surface area contributed by atoms with E-state index in [2.05, 4.69) is 5.32 Å². The molecule has 0 radical (unpaired) electrons. The number of ether oxygens (including phenoxy) is 2. The van der Waals surface area contributed by atoms with Crippen LogP contribution in [0.2, 0.25) is 0 Å². The topological polar surface area (TPSA) is 135 Å². The largest absolute Gasteiger partial charge is 0.384 e. The van der Waals surface area contributed by atoms with Crippen molar-refractivity contribution in [1.82, 2.24) is 10.2 Å². The smallest absolute Gasteiger partial charge is 0.243 e. The minimum atomic E-state index is -1.01. The van der Waals surface area contributed by atoms with Gasteiger partial charge in [-0.1, -0.05) is 54.6 Å². The Kier molecular flexibility index (Phi) is 8.11. The molecule has 0 bridgehead atoms. The number of nitrogens with two attached hydrogens (primary N) is 1. The Morgan fingerprint density at radius 2 is 1.73 bits per heavy atom. The molecule has 2 aliphatic rings. The third-order valence-electron chi connectivity index (χ3n) is 7.32. The van der Waals surface area contributed by atoms with Gasteiger partial charge in [-0.3, -0.25) is 19.8 Å². The van der Waals surface area contributed by atoms with Gasteiger partial charge in [0.25, 0.3) is 0 Å². The van der Waals surface area contributed by atoms with E-state index in [4.69, 9.17) is 20.6 Å². The fourth-order valence-electron chi connectivity index (χ4n) is 5.13. The van der Waals surface area contributed by atoms with E-state index in [1.165, 1.54) is 16.2 Å². The van der Waals surface area contributed by atoms with Crippen LogP contribution in [-0.2, 0) is 19.1 Å². The quantitative estimate of drug-likeness (QED) is 0.207. The molecule has 0 saturated carbocycles. The lowest BCUT2D eigenvalue weighted by atomic mass is 10.0. The van der Waals surface area contributed by atoms with Crippen LogP contribution in [0.15, 0.2) is 66.0 Å². The monoisotopic (exact) mass is 560 g/mol. The summed E-state index contributed by atoms with van der Waals surface area (Å²) in [4.78, 5) is 42.0. The number of rotatable bonds is 9. The number of nitrogens with one attached hydrogen (secondary N) is 2. The third kappa shape index (κ3) is 5.99. The van der Waals surface area contributed by atoms with Gasteiger partial charge in [0.1, 0.15) is 11.9 Å². The Morgan fingerprint density at radius 3 is 2.38 bits per heavy atom. The van der Waals surface area contributed by atoms with Gasteiger partial charge in [0.05, 0.1) is 25.8 Å². The first-order chi connectivity index (χ1) is 19.2. The van der Waals surface area contributed by atoms with Crippen molar-refractivity contribution in [1.29, 1.82) is 5.41 Å². The minimum Gasteiger partial charge on any atom is -0.384 e. The Labute approximate surface area is 236 Å². The first kappa shape index (κ1) is 27.7. The zero-order valence-corrected chi connectivity index (χ0v) is 23.0. The number of carbonyl (C=O) groups excluding carboxylic acids is 3. The molecule has 1 spiro atoms. The first-order valence-corrected chi connectivity index (χ1v) is 14.1. The van der Waals surface area contributed by atoms with Crippen LogP contribution in [0.5, 0.6) is 0 Å². The summed E-state index contributed by atoms with van der Waals surface area (Å²) in [7, 11) is 0. The first-order valence-electron chi connectivity index (χ1n) is 13.2. The van der Waals surface area contributed by atoms with Gasteiger partial charge < -0.3 is 25.4 Å². The molecule has 0 aliphatic carbocycles. The molecule has 40 heavy (non-hydrogen) atoms. The number of benzene rings is 2. The number of amides is 2. The van der Waals surface area contributed by atoms with E-state index in [1.54, 1.807) is 23.6 Å². The van der Waals surface area contributed by atoms with Crippen LogP contribution in [0.4, 0.5) is 0 Å². The lowest BCUT2D eigenvalue weighted by Gasteiger charge is -2.25. The van der Waals surface area contributed by atoms with E-state index in [-0.39, 0.29) is 55.3 Å². The van der Waals surface area contributed by atoms with E-state index < -0.39 is 11.8 Å². The number of nitrogen functional groups attached to an aromatic ring is 1. The van der Waals surface area contributed by atoms with Crippen LogP contribution in [-0.4, -0.2) is 59.9 Å². The van der Waals surface area contributed by atoms with Gasteiger partial charge in [0, 0.05) is 40.6 Å². The number of nitrogens with zero attached hydrogens (tertiary/aromatic N) is 1. The predicted octanol–water partition coefficient (Wildman–Crippen LogP) is 3.88. The van der Waals surface area contributed by atoms with Gasteiger partial charge in [-0.2, -0.15) is 0 Å². The van der Waals surface area contributed by atoms with Gasteiger partial charge in [-0.25, -0.2) is 0 Å². The van der Waals surface area contributed by atoms with Crippen molar-refractivity contribution in [3.05, 3.63) is 82.0 Å². The fraction of sp³-hybridized carbons (Fsp3) is 0.333. The molecule has 10 heteroatoms. The van der Waals surface area contributed by atoms with E-state index in [0.29, 0.717) is 24.3 Å². The van der Waals surface area contributed by atoms with Gasteiger partial charge in [0.15, 0.2) is 11.6 Å². The average molecular weight is 561 g/mol. The summed E-state index contributed by atoms with van der Waals surface area (Å²) >= 11 is 1.40. The fourth-order valence-corrected chi connectivity index (χ4v) is 6.05. The summed E-state index contributed by atoms with van der Waals surface area (Å²) in [5.74, 6) is -1.80. The van der Waals surface area contributed by atoms with Crippen molar-refractivity contribution in [2.24, 2.45) is 5.73 Å². The van der Waals surface area contributed by atoms with E-state index in [0.717, 1.165) is 16.0 Å². The Bertz CT molecular complexity index is 1400. The molecule has 1 unspecified atom stereocenters. The van der Waals surface area contributed by atoms with Crippen molar-refractivity contribution in [3.8, 4) is 11.1 Å². The maximum Gasteiger partial charge on any atom is 0.243 e. The zero-order valence-electron chi connectivity index (χ0n) is 22.2. The molecule has 2 fully saturated rings. The second-order valence-electron chi connectivity index (χ2n) is 10.1. The molecular formula is C30H32N4O5S. The zero-order chi connectivity index (χ0) is 28.3. The van der Waals surface area contributed by atoms with E-state index in [9.17, 15) is 14.4 Å². The SMILES string of the molecule is C[C@@H](NC(=O)C1CC2(CN1C(=O)CCC(=O)c1ccc(-c3ccccc3)cc1)OCCO2)c1cc(C(=N)N)cs1. The highest BCUT2D eigenvalue weighted by molar-refractivity contribution is 7.10. The third-order valence-corrected chi connectivity index (χ3v) is 8.44. The lowest BCUT2D eigenvalue weighted by Crippen LogP contribution is -2.46. The van der Waals surface area contributed by atoms with Crippen LogP contribution in [0.1, 0.15) is 53.0 Å². The predicted molar refractivity (Wildman–Crippen MR) is 152 cm³/mol. The van der Waals surface area contributed by atoms with Crippen LogP contribution < -0.4 is 11.1 Å². The molecule has 208 valence electrons. The molecule has 2 aliphatic heterocycles. The molecule has 4 N–H and O–H groups in total. The van der Waals surface area contributed by atoms with Gasteiger partial charge >= 0.3 is 0 Å². The van der Waals surface area contributed by atoms with Crippen LogP contribution in [0.3, 0.4) is 0 Å². The van der Waals surface area contributed by atoms with Crippen molar-refractivity contribution in [2.75, 3.05) is 19.8 Å². The molecule has 3 heterocycles. The molecule has 3 aromatic rings. The highest BCUT2D eigenvalue weighted by Gasteiger charge is 2.52. The number of amidine groups is 1. The minimum absolute atomic E-state index is 0.0262. The van der Waals surface area contributed by atoms with Crippen LogP contribution >= 0.6 is 11.3 Å². The molecule has 2 aromatic carbocycles. The summed E-state index contributed by atoms with van der Waals surface area (Å²) in [5.41, 5.74) is 8.78. The number of carbonyl (C=O) groups is 3. The van der Waals surface area contributed by atoms with Crippen molar-refractivity contribution in [3.63, 3.8) is 0 Å². The van der Waals surface area contributed by atoms with Crippen molar-refractivity contribution >= 4 is 34.8 Å². The van der Waals surface area contributed by atoms with E-state index >= 15 is 0 Å². The summed E-state index contributed by atoms with van der Waals surface area (Å²) < 4.78 is 11.7. The van der Waals surface area contributed by atoms with Crippen LogP contribution in [0, 0.1) is 5.41 Å². The molecule has 5 rings (SSSR count). The van der Waals surface area contributed by atoms with Gasteiger partial charge in [-0.15, -0.1) is 11.3 Å². The normalized spacial score (nSPS) is 18.5. The Balaban J connectivity index is 1.23. The number of hydrogen-bond acceptors (Lipinski definition) is 7. The molecular weight excluding hydrogens is 528 g/mol. The molecule has 9 nitrogen and oxygen atoms in total. The van der Waals surface area contributed by atoms with Gasteiger partial charge in [0.2, 0.25) is 11.8 Å². The summed E-state index contributed by atoms with van der Waals surface area (Å²) in [5, 5.41) is 12.4. The van der Waals surface area contributed by atoms with Crippen LogP contribution in [0.25, 0.3) is 11.1 Å². The maximum absolute atomic E-state index is 13.4. The Hall–Kier alpha value is -3.86. The number of likely N-dealkylation sites (tertiary alicyclic amines) is 1. The number of thiophene rings is 1. The molecule has 2 saturated heterocycles. The maximum atomic E-state index is 13.4. The molecule has 1 aromatic heterocycles. The number of Topliss-reactive ketones (excluding diaryl/α,β-unsaturated/α-hetero) is 1. The second kappa shape index (κ2) is 11.7.